The van der Waals surface area contributed by atoms with E-state index in [0.717, 1.165) is 18.5 Å². The highest BCUT2D eigenvalue weighted by Crippen LogP contribution is 2.34. The van der Waals surface area contributed by atoms with Crippen molar-refractivity contribution < 1.29 is 14.3 Å². The Kier molecular flexibility index (Phi) is 2.83. The zero-order valence-corrected chi connectivity index (χ0v) is 10.1. The van der Waals surface area contributed by atoms with Gasteiger partial charge in [0.15, 0.2) is 0 Å². The molecular formula is C13H16N2O3. The minimum atomic E-state index is -0.298. The van der Waals surface area contributed by atoms with Crippen molar-refractivity contribution in [3.05, 3.63) is 18.2 Å². The minimum Gasteiger partial charge on any atom is -0.489 e. The Bertz CT molecular complexity index is 469. The van der Waals surface area contributed by atoms with E-state index in [4.69, 9.17) is 15.2 Å². The number of benzene rings is 1. The van der Waals surface area contributed by atoms with Crippen molar-refractivity contribution in [3.63, 3.8) is 0 Å². The first-order valence-corrected chi connectivity index (χ1v) is 6.21. The van der Waals surface area contributed by atoms with Crippen LogP contribution >= 0.6 is 0 Å². The Morgan fingerprint density at radius 1 is 1.39 bits per heavy atom. The van der Waals surface area contributed by atoms with Crippen molar-refractivity contribution in [3.8, 4) is 5.75 Å². The van der Waals surface area contributed by atoms with Gasteiger partial charge in [-0.1, -0.05) is 0 Å². The van der Waals surface area contributed by atoms with Gasteiger partial charge in [-0.25, -0.2) is 0 Å². The van der Waals surface area contributed by atoms with Crippen LogP contribution in [0.15, 0.2) is 18.2 Å². The van der Waals surface area contributed by atoms with Crippen molar-refractivity contribution in [2.45, 2.75) is 18.9 Å². The van der Waals surface area contributed by atoms with Gasteiger partial charge in [0.2, 0.25) is 0 Å². The molecule has 0 spiro atoms. The second-order valence-electron chi connectivity index (χ2n) is 4.57. The zero-order valence-electron chi connectivity index (χ0n) is 10.1. The van der Waals surface area contributed by atoms with Gasteiger partial charge in [-0.2, -0.15) is 0 Å². The highest BCUT2D eigenvalue weighted by molar-refractivity contribution is 5.98. The molecule has 1 fully saturated rings. The predicted molar refractivity (Wildman–Crippen MR) is 67.7 cm³/mol. The maximum absolute atomic E-state index is 12.4. The maximum atomic E-state index is 12.4. The normalized spacial score (nSPS) is 22.4. The molecule has 0 aliphatic carbocycles. The highest BCUT2D eigenvalue weighted by Gasteiger charge is 2.32. The molecule has 1 aromatic carbocycles. The van der Waals surface area contributed by atoms with Gasteiger partial charge < -0.3 is 20.1 Å². The van der Waals surface area contributed by atoms with Gasteiger partial charge in [-0.3, -0.25) is 4.79 Å². The molecule has 1 saturated heterocycles. The third-order valence-corrected chi connectivity index (χ3v) is 3.32. The standard InChI is InChI=1S/C13H16N2O3/c14-9-3-4-10-12(8-9)18-7-5-15(10)13(16)11-2-1-6-17-11/h3-4,8,11H,1-2,5-7,14H2. The molecule has 0 aromatic heterocycles. The Balaban J connectivity index is 1.88. The van der Waals surface area contributed by atoms with E-state index in [2.05, 4.69) is 0 Å². The molecule has 2 aliphatic rings. The summed E-state index contributed by atoms with van der Waals surface area (Å²) in [5.41, 5.74) is 7.14. The number of carbonyl (C=O) groups excluding carboxylic acids is 1. The first kappa shape index (κ1) is 11.3. The smallest absolute Gasteiger partial charge is 0.256 e. The van der Waals surface area contributed by atoms with Crippen molar-refractivity contribution in [1.29, 1.82) is 0 Å². The van der Waals surface area contributed by atoms with E-state index in [1.807, 2.05) is 6.07 Å². The molecule has 1 unspecified atom stereocenters. The van der Waals surface area contributed by atoms with E-state index < -0.39 is 0 Å². The number of amides is 1. The average Bonchev–Trinajstić information content (AvgIpc) is 2.90. The number of anilines is 2. The van der Waals surface area contributed by atoms with Gasteiger partial charge in [-0.15, -0.1) is 0 Å². The zero-order chi connectivity index (χ0) is 12.5. The first-order valence-electron chi connectivity index (χ1n) is 6.21. The highest BCUT2D eigenvalue weighted by atomic mass is 16.5. The molecule has 5 nitrogen and oxygen atoms in total. The second kappa shape index (κ2) is 4.49. The van der Waals surface area contributed by atoms with Gasteiger partial charge in [-0.05, 0) is 25.0 Å². The number of hydrogen-bond donors (Lipinski definition) is 1. The molecule has 18 heavy (non-hydrogen) atoms. The number of nitrogens with two attached hydrogens (primary N) is 1. The fourth-order valence-electron chi connectivity index (χ4n) is 2.41. The Morgan fingerprint density at radius 2 is 2.28 bits per heavy atom. The molecule has 0 bridgehead atoms. The van der Waals surface area contributed by atoms with E-state index in [1.165, 1.54) is 0 Å². The fraction of sp³-hybridized carbons (Fsp3) is 0.462. The summed E-state index contributed by atoms with van der Waals surface area (Å²) >= 11 is 0. The Hall–Kier alpha value is -1.75. The molecule has 2 heterocycles. The van der Waals surface area contributed by atoms with Crippen LogP contribution in [0.1, 0.15) is 12.8 Å². The quantitative estimate of drug-likeness (QED) is 0.758. The summed E-state index contributed by atoms with van der Waals surface area (Å²) in [5, 5.41) is 0. The fourth-order valence-corrected chi connectivity index (χ4v) is 2.41. The maximum Gasteiger partial charge on any atom is 0.256 e. The largest absolute Gasteiger partial charge is 0.489 e. The summed E-state index contributed by atoms with van der Waals surface area (Å²) < 4.78 is 11.0. The number of hydrogen-bond acceptors (Lipinski definition) is 4. The molecule has 0 radical (unpaired) electrons. The molecular weight excluding hydrogens is 232 g/mol. The van der Waals surface area contributed by atoms with Crippen molar-refractivity contribution in [2.24, 2.45) is 0 Å². The lowest BCUT2D eigenvalue weighted by molar-refractivity contribution is -0.127. The SMILES string of the molecule is Nc1ccc2c(c1)OCCN2C(=O)C1CCCO1. The third kappa shape index (κ3) is 1.90. The van der Waals surface area contributed by atoms with Crippen molar-refractivity contribution in [2.75, 3.05) is 30.4 Å². The molecule has 2 N–H and O–H groups in total. The van der Waals surface area contributed by atoms with E-state index in [1.54, 1.807) is 17.0 Å². The van der Waals surface area contributed by atoms with Crippen LogP contribution in [0, 0.1) is 0 Å². The first-order chi connectivity index (χ1) is 8.75. The monoisotopic (exact) mass is 248 g/mol. The van der Waals surface area contributed by atoms with Crippen molar-refractivity contribution in [1.82, 2.24) is 0 Å². The lowest BCUT2D eigenvalue weighted by Gasteiger charge is -2.31. The number of rotatable bonds is 1. The summed E-state index contributed by atoms with van der Waals surface area (Å²) in [7, 11) is 0. The van der Waals surface area contributed by atoms with Crippen LogP contribution in [0.3, 0.4) is 0 Å². The topological polar surface area (TPSA) is 64.8 Å². The predicted octanol–water partition coefficient (Wildman–Crippen LogP) is 1.17. The number of nitrogen functional groups attached to an aromatic ring is 1. The van der Waals surface area contributed by atoms with Crippen LogP contribution in [0.2, 0.25) is 0 Å². The Labute approximate surface area is 105 Å². The van der Waals surface area contributed by atoms with Gasteiger partial charge >= 0.3 is 0 Å². The molecule has 0 saturated carbocycles. The summed E-state index contributed by atoms with van der Waals surface area (Å²) in [5.74, 6) is 0.703. The van der Waals surface area contributed by atoms with Gasteiger partial charge in [0, 0.05) is 18.4 Å². The summed E-state index contributed by atoms with van der Waals surface area (Å²) in [6.45, 7) is 1.74. The van der Waals surface area contributed by atoms with E-state index in [-0.39, 0.29) is 12.0 Å². The van der Waals surface area contributed by atoms with Gasteiger partial charge in [0.05, 0.1) is 12.2 Å². The van der Waals surface area contributed by atoms with E-state index >= 15 is 0 Å². The summed E-state index contributed by atoms with van der Waals surface area (Å²) in [4.78, 5) is 14.1. The van der Waals surface area contributed by atoms with Crippen molar-refractivity contribution >= 4 is 17.3 Å². The minimum absolute atomic E-state index is 0.0295. The summed E-state index contributed by atoms with van der Waals surface area (Å²) in [6.07, 6.45) is 1.46. The second-order valence-corrected chi connectivity index (χ2v) is 4.57. The van der Waals surface area contributed by atoms with Crippen LogP contribution in [-0.2, 0) is 9.53 Å². The van der Waals surface area contributed by atoms with E-state index in [0.29, 0.717) is 31.2 Å². The molecule has 96 valence electrons. The number of nitrogens with zero attached hydrogens (tertiary/aromatic N) is 1. The van der Waals surface area contributed by atoms with Crippen LogP contribution in [0.25, 0.3) is 0 Å². The third-order valence-electron chi connectivity index (χ3n) is 3.32. The van der Waals surface area contributed by atoms with Crippen LogP contribution in [-0.4, -0.2) is 31.8 Å². The van der Waals surface area contributed by atoms with Gasteiger partial charge in [0.1, 0.15) is 18.5 Å². The number of ether oxygens (including phenoxy) is 2. The molecule has 1 aromatic rings. The Morgan fingerprint density at radius 3 is 3.06 bits per heavy atom. The molecule has 5 heteroatoms. The molecule has 3 rings (SSSR count). The van der Waals surface area contributed by atoms with Crippen LogP contribution in [0.4, 0.5) is 11.4 Å². The summed E-state index contributed by atoms with van der Waals surface area (Å²) in [6, 6.07) is 5.37. The lowest BCUT2D eigenvalue weighted by atomic mass is 10.1. The number of fused-ring (bicyclic) bond motifs is 1. The van der Waals surface area contributed by atoms with E-state index in [9.17, 15) is 4.79 Å². The van der Waals surface area contributed by atoms with Crippen LogP contribution in [0.5, 0.6) is 5.75 Å². The van der Waals surface area contributed by atoms with Gasteiger partial charge in [0.25, 0.3) is 5.91 Å². The van der Waals surface area contributed by atoms with Crippen LogP contribution < -0.4 is 15.4 Å². The molecule has 1 atom stereocenters. The molecule has 2 aliphatic heterocycles. The molecule has 1 amide bonds. The average molecular weight is 248 g/mol. The number of carbonyl (C=O) groups is 1. The lowest BCUT2D eigenvalue weighted by Crippen LogP contribution is -2.43.